The molecule has 2 heterocycles. The van der Waals surface area contributed by atoms with Gasteiger partial charge in [0.25, 0.3) is 0 Å². The molecular formula is C16H23N3S. The first-order chi connectivity index (χ1) is 9.83. The minimum absolute atomic E-state index is 0.976. The summed E-state index contributed by atoms with van der Waals surface area (Å²) in [5.74, 6) is 3.62. The van der Waals surface area contributed by atoms with E-state index in [9.17, 15) is 0 Å². The highest BCUT2D eigenvalue weighted by molar-refractivity contribution is 7.99. The summed E-state index contributed by atoms with van der Waals surface area (Å²) >= 11 is 2.05. The van der Waals surface area contributed by atoms with Gasteiger partial charge in [-0.3, -0.25) is 4.99 Å². The molecule has 108 valence electrons. The SMILES string of the molecule is Cc1ccc(N2CCSCC2)c(NC2=NCCCC2)c1. The number of aliphatic imine (C=N–C) groups is 1. The van der Waals surface area contributed by atoms with Crippen LogP contribution in [0.1, 0.15) is 24.8 Å². The van der Waals surface area contributed by atoms with Crippen molar-refractivity contribution < 1.29 is 0 Å². The molecule has 0 aliphatic carbocycles. The lowest BCUT2D eigenvalue weighted by atomic mass is 10.1. The highest BCUT2D eigenvalue weighted by atomic mass is 32.2. The summed E-state index contributed by atoms with van der Waals surface area (Å²) < 4.78 is 0. The Morgan fingerprint density at radius 3 is 2.80 bits per heavy atom. The fourth-order valence-electron chi connectivity index (χ4n) is 2.78. The maximum atomic E-state index is 4.62. The van der Waals surface area contributed by atoms with E-state index in [2.05, 4.69) is 52.1 Å². The third-order valence-electron chi connectivity index (χ3n) is 3.91. The van der Waals surface area contributed by atoms with Gasteiger partial charge in [-0.25, -0.2) is 0 Å². The number of anilines is 2. The quantitative estimate of drug-likeness (QED) is 0.902. The Morgan fingerprint density at radius 2 is 2.05 bits per heavy atom. The van der Waals surface area contributed by atoms with Crippen LogP contribution in [0.25, 0.3) is 0 Å². The number of benzene rings is 1. The lowest BCUT2D eigenvalue weighted by Crippen LogP contribution is -2.33. The summed E-state index contributed by atoms with van der Waals surface area (Å²) in [6.07, 6.45) is 3.58. The van der Waals surface area contributed by atoms with Crippen molar-refractivity contribution >= 4 is 29.0 Å². The molecule has 0 radical (unpaired) electrons. The third kappa shape index (κ3) is 3.29. The number of nitrogens with zero attached hydrogens (tertiary/aromatic N) is 2. The molecule has 1 N–H and O–H groups in total. The third-order valence-corrected chi connectivity index (χ3v) is 4.85. The number of thioether (sulfide) groups is 1. The molecule has 20 heavy (non-hydrogen) atoms. The molecule has 0 unspecified atom stereocenters. The summed E-state index contributed by atoms with van der Waals surface area (Å²) in [5.41, 5.74) is 3.88. The fraction of sp³-hybridized carbons (Fsp3) is 0.562. The fourth-order valence-corrected chi connectivity index (χ4v) is 3.69. The molecule has 2 aliphatic heterocycles. The van der Waals surface area contributed by atoms with Crippen LogP contribution >= 0.6 is 11.8 Å². The van der Waals surface area contributed by atoms with E-state index in [0.29, 0.717) is 0 Å². The van der Waals surface area contributed by atoms with E-state index in [0.717, 1.165) is 31.9 Å². The van der Waals surface area contributed by atoms with Crippen molar-refractivity contribution in [3.05, 3.63) is 23.8 Å². The van der Waals surface area contributed by atoms with Crippen LogP contribution in [0.2, 0.25) is 0 Å². The van der Waals surface area contributed by atoms with Gasteiger partial charge in [-0.15, -0.1) is 0 Å². The van der Waals surface area contributed by atoms with Gasteiger partial charge in [-0.1, -0.05) is 6.07 Å². The topological polar surface area (TPSA) is 27.6 Å². The van der Waals surface area contributed by atoms with E-state index in [1.54, 1.807) is 0 Å². The molecule has 2 aliphatic rings. The summed E-state index contributed by atoms with van der Waals surface area (Å²) in [6, 6.07) is 6.73. The average Bonchev–Trinajstić information content (AvgIpc) is 2.49. The first-order valence-corrected chi connectivity index (χ1v) is 8.72. The first kappa shape index (κ1) is 13.8. The number of nitrogens with one attached hydrogen (secondary N) is 1. The number of rotatable bonds is 2. The number of amidine groups is 1. The first-order valence-electron chi connectivity index (χ1n) is 7.56. The summed E-state index contributed by atoms with van der Waals surface area (Å²) in [5, 5.41) is 3.59. The van der Waals surface area contributed by atoms with Crippen molar-refractivity contribution in [1.29, 1.82) is 0 Å². The van der Waals surface area contributed by atoms with Crippen LogP contribution in [0.15, 0.2) is 23.2 Å². The highest BCUT2D eigenvalue weighted by Gasteiger charge is 2.16. The Hall–Kier alpha value is -1.16. The van der Waals surface area contributed by atoms with Crippen LogP contribution < -0.4 is 10.2 Å². The Morgan fingerprint density at radius 1 is 1.20 bits per heavy atom. The molecule has 3 nitrogen and oxygen atoms in total. The van der Waals surface area contributed by atoms with Crippen LogP contribution in [0.3, 0.4) is 0 Å². The van der Waals surface area contributed by atoms with Crippen LogP contribution in [0.5, 0.6) is 0 Å². The molecule has 1 fully saturated rings. The van der Waals surface area contributed by atoms with Crippen molar-refractivity contribution in [2.75, 3.05) is 41.4 Å². The van der Waals surface area contributed by atoms with Crippen LogP contribution in [0, 0.1) is 6.92 Å². The van der Waals surface area contributed by atoms with Crippen molar-refractivity contribution in [1.82, 2.24) is 0 Å². The van der Waals surface area contributed by atoms with Gasteiger partial charge < -0.3 is 10.2 Å². The molecule has 1 aromatic rings. The standard InChI is InChI=1S/C16H23N3S/c1-13-5-6-15(19-8-10-20-11-9-19)14(12-13)18-16-4-2-3-7-17-16/h5-6,12H,2-4,7-11H2,1H3,(H,17,18). The molecule has 0 bridgehead atoms. The number of hydrogen-bond acceptors (Lipinski definition) is 4. The zero-order valence-electron chi connectivity index (χ0n) is 12.2. The lowest BCUT2D eigenvalue weighted by Gasteiger charge is -2.31. The molecule has 0 atom stereocenters. The minimum Gasteiger partial charge on any atom is -0.368 e. The van der Waals surface area contributed by atoms with Gasteiger partial charge in [0.05, 0.1) is 11.4 Å². The molecule has 1 aromatic carbocycles. The van der Waals surface area contributed by atoms with E-state index in [-0.39, 0.29) is 0 Å². The largest absolute Gasteiger partial charge is 0.368 e. The maximum Gasteiger partial charge on any atom is 0.101 e. The van der Waals surface area contributed by atoms with Gasteiger partial charge in [-0.05, 0) is 37.5 Å². The summed E-state index contributed by atoms with van der Waals surface area (Å²) in [7, 11) is 0. The van der Waals surface area contributed by atoms with E-state index in [1.165, 1.54) is 41.3 Å². The predicted octanol–water partition coefficient (Wildman–Crippen LogP) is 3.54. The van der Waals surface area contributed by atoms with Gasteiger partial charge in [-0.2, -0.15) is 11.8 Å². The lowest BCUT2D eigenvalue weighted by molar-refractivity contribution is 0.737. The van der Waals surface area contributed by atoms with Crippen molar-refractivity contribution in [3.63, 3.8) is 0 Å². The Kier molecular flexibility index (Phi) is 4.51. The summed E-state index contributed by atoms with van der Waals surface area (Å²) in [6.45, 7) is 5.43. The van der Waals surface area contributed by atoms with Crippen molar-refractivity contribution in [2.45, 2.75) is 26.2 Å². The Balaban J connectivity index is 1.83. The highest BCUT2D eigenvalue weighted by Crippen LogP contribution is 2.29. The smallest absolute Gasteiger partial charge is 0.101 e. The Labute approximate surface area is 125 Å². The normalized spacial score (nSPS) is 19.6. The predicted molar refractivity (Wildman–Crippen MR) is 90.5 cm³/mol. The molecular weight excluding hydrogens is 266 g/mol. The Bertz CT molecular complexity index is 492. The molecule has 0 spiro atoms. The van der Waals surface area contributed by atoms with Crippen LogP contribution in [0.4, 0.5) is 11.4 Å². The van der Waals surface area contributed by atoms with E-state index in [4.69, 9.17) is 0 Å². The molecule has 4 heteroatoms. The molecule has 1 saturated heterocycles. The van der Waals surface area contributed by atoms with Crippen molar-refractivity contribution in [2.24, 2.45) is 4.99 Å². The van der Waals surface area contributed by atoms with Gasteiger partial charge >= 0.3 is 0 Å². The van der Waals surface area contributed by atoms with Gasteiger partial charge in [0.15, 0.2) is 0 Å². The summed E-state index contributed by atoms with van der Waals surface area (Å²) in [4.78, 5) is 7.13. The molecule has 0 aromatic heterocycles. The minimum atomic E-state index is 0.976. The van der Waals surface area contributed by atoms with Gasteiger partial charge in [0.2, 0.25) is 0 Å². The second-order valence-corrected chi connectivity index (χ2v) is 6.76. The van der Waals surface area contributed by atoms with E-state index >= 15 is 0 Å². The van der Waals surface area contributed by atoms with E-state index < -0.39 is 0 Å². The van der Waals surface area contributed by atoms with E-state index in [1.807, 2.05) is 0 Å². The van der Waals surface area contributed by atoms with Crippen LogP contribution in [-0.4, -0.2) is 37.0 Å². The zero-order chi connectivity index (χ0) is 13.8. The average molecular weight is 289 g/mol. The molecule has 3 rings (SSSR count). The number of aryl methyl sites for hydroxylation is 1. The number of hydrogen-bond donors (Lipinski definition) is 1. The van der Waals surface area contributed by atoms with Gasteiger partial charge in [0.1, 0.15) is 5.84 Å². The second-order valence-electron chi connectivity index (χ2n) is 5.53. The molecule has 0 amide bonds. The zero-order valence-corrected chi connectivity index (χ0v) is 13.0. The second kappa shape index (κ2) is 6.53. The monoisotopic (exact) mass is 289 g/mol. The maximum absolute atomic E-state index is 4.62. The van der Waals surface area contributed by atoms with Gasteiger partial charge in [0, 0.05) is 37.6 Å². The van der Waals surface area contributed by atoms with Crippen LogP contribution in [-0.2, 0) is 0 Å². The van der Waals surface area contributed by atoms with Crippen molar-refractivity contribution in [3.8, 4) is 0 Å². The molecule has 0 saturated carbocycles.